The Kier molecular flexibility index (Phi) is 7.24. The van der Waals surface area contributed by atoms with E-state index >= 15 is 0 Å². The highest BCUT2D eigenvalue weighted by Gasteiger charge is 2.27. The molecular formula is C16H30N2O2. The van der Waals surface area contributed by atoms with Crippen molar-refractivity contribution < 1.29 is 9.53 Å². The second-order valence-corrected chi connectivity index (χ2v) is 6.27. The molecule has 0 radical (unpaired) electrons. The lowest BCUT2D eigenvalue weighted by atomic mass is 9.99. The monoisotopic (exact) mass is 282 g/mol. The standard InChI is InChI=1S/C16H30N2O2/c1-12(2)6-9-18-10-7-14(8-11-18)17-15(13(3)4)16(19)20-5/h6,13-15,17H,7-11H2,1-5H3. The first-order valence-electron chi connectivity index (χ1n) is 7.63. The molecule has 116 valence electrons. The van der Waals surface area contributed by atoms with E-state index in [1.807, 2.05) is 0 Å². The van der Waals surface area contributed by atoms with Gasteiger partial charge in [0.2, 0.25) is 0 Å². The van der Waals surface area contributed by atoms with Crippen LogP contribution in [0.2, 0.25) is 0 Å². The van der Waals surface area contributed by atoms with Gasteiger partial charge in [-0.1, -0.05) is 25.5 Å². The number of esters is 1. The number of nitrogens with one attached hydrogen (secondary N) is 1. The highest BCUT2D eigenvalue weighted by molar-refractivity contribution is 5.75. The maximum Gasteiger partial charge on any atom is 0.323 e. The highest BCUT2D eigenvalue weighted by Crippen LogP contribution is 2.14. The van der Waals surface area contributed by atoms with Crippen LogP contribution in [0.15, 0.2) is 11.6 Å². The molecule has 0 spiro atoms. The molecule has 4 heteroatoms. The summed E-state index contributed by atoms with van der Waals surface area (Å²) >= 11 is 0. The lowest BCUT2D eigenvalue weighted by Gasteiger charge is -2.34. The summed E-state index contributed by atoms with van der Waals surface area (Å²) in [6.07, 6.45) is 4.47. The minimum atomic E-state index is -0.186. The molecule has 0 aromatic heterocycles. The molecule has 1 atom stereocenters. The SMILES string of the molecule is COC(=O)C(NC1CCN(CC=C(C)C)CC1)C(C)C. The summed E-state index contributed by atoms with van der Waals surface area (Å²) in [5, 5.41) is 3.47. The number of piperidine rings is 1. The van der Waals surface area contributed by atoms with Crippen molar-refractivity contribution in [2.24, 2.45) is 5.92 Å². The van der Waals surface area contributed by atoms with Crippen LogP contribution in [-0.2, 0) is 9.53 Å². The Morgan fingerprint density at radius 2 is 1.95 bits per heavy atom. The van der Waals surface area contributed by atoms with Gasteiger partial charge in [-0.2, -0.15) is 0 Å². The Morgan fingerprint density at radius 3 is 2.40 bits per heavy atom. The quantitative estimate of drug-likeness (QED) is 0.599. The second-order valence-electron chi connectivity index (χ2n) is 6.27. The molecule has 0 bridgehead atoms. The molecule has 0 aliphatic carbocycles. The van der Waals surface area contributed by atoms with Crippen molar-refractivity contribution in [3.05, 3.63) is 11.6 Å². The van der Waals surface area contributed by atoms with Crippen molar-refractivity contribution >= 4 is 5.97 Å². The molecule has 1 N–H and O–H groups in total. The van der Waals surface area contributed by atoms with Crippen LogP contribution >= 0.6 is 0 Å². The third kappa shape index (κ3) is 5.63. The molecule has 1 fully saturated rings. The van der Waals surface area contributed by atoms with Crippen molar-refractivity contribution in [1.82, 2.24) is 10.2 Å². The van der Waals surface area contributed by atoms with Gasteiger partial charge in [0.05, 0.1) is 7.11 Å². The normalized spacial score (nSPS) is 18.9. The van der Waals surface area contributed by atoms with E-state index in [9.17, 15) is 4.79 Å². The van der Waals surface area contributed by atoms with E-state index in [2.05, 4.69) is 44.0 Å². The van der Waals surface area contributed by atoms with Gasteiger partial charge in [-0.25, -0.2) is 0 Å². The van der Waals surface area contributed by atoms with Crippen LogP contribution in [0.3, 0.4) is 0 Å². The Balaban J connectivity index is 2.41. The molecule has 1 aliphatic rings. The predicted octanol–water partition coefficient (Wildman–Crippen LogP) is 2.20. The summed E-state index contributed by atoms with van der Waals surface area (Å²) < 4.78 is 4.88. The number of likely N-dealkylation sites (tertiary alicyclic amines) is 1. The Labute approximate surface area is 123 Å². The van der Waals surface area contributed by atoms with E-state index in [1.165, 1.54) is 12.7 Å². The van der Waals surface area contributed by atoms with Crippen molar-refractivity contribution in [3.63, 3.8) is 0 Å². The molecule has 0 aromatic rings. The molecule has 1 aliphatic heterocycles. The maximum absolute atomic E-state index is 11.8. The fourth-order valence-electron chi connectivity index (χ4n) is 2.51. The van der Waals surface area contributed by atoms with E-state index in [4.69, 9.17) is 4.74 Å². The minimum Gasteiger partial charge on any atom is -0.468 e. The van der Waals surface area contributed by atoms with Crippen LogP contribution in [-0.4, -0.2) is 49.7 Å². The van der Waals surface area contributed by atoms with Crippen molar-refractivity contribution in [2.75, 3.05) is 26.7 Å². The lowest BCUT2D eigenvalue weighted by molar-refractivity contribution is -0.144. The van der Waals surface area contributed by atoms with Crippen LogP contribution in [0.1, 0.15) is 40.5 Å². The average molecular weight is 282 g/mol. The summed E-state index contributed by atoms with van der Waals surface area (Å²) in [6.45, 7) is 11.6. The van der Waals surface area contributed by atoms with Gasteiger partial charge in [-0.3, -0.25) is 9.69 Å². The third-order valence-corrected chi connectivity index (χ3v) is 3.88. The van der Waals surface area contributed by atoms with Crippen molar-refractivity contribution in [3.8, 4) is 0 Å². The number of methoxy groups -OCH3 is 1. The van der Waals surface area contributed by atoms with E-state index in [0.717, 1.165) is 32.5 Å². The number of allylic oxidation sites excluding steroid dienone is 1. The van der Waals surface area contributed by atoms with Crippen molar-refractivity contribution in [1.29, 1.82) is 0 Å². The van der Waals surface area contributed by atoms with Crippen LogP contribution in [0, 0.1) is 5.92 Å². The zero-order valence-corrected chi connectivity index (χ0v) is 13.6. The number of hydrogen-bond donors (Lipinski definition) is 1. The Hall–Kier alpha value is -0.870. The van der Waals surface area contributed by atoms with Crippen LogP contribution < -0.4 is 5.32 Å². The predicted molar refractivity (Wildman–Crippen MR) is 82.7 cm³/mol. The first-order chi connectivity index (χ1) is 9.43. The number of ether oxygens (including phenoxy) is 1. The Morgan fingerprint density at radius 1 is 1.35 bits per heavy atom. The molecule has 0 saturated carbocycles. The number of rotatable bonds is 6. The fourth-order valence-corrected chi connectivity index (χ4v) is 2.51. The summed E-state index contributed by atoms with van der Waals surface area (Å²) in [4.78, 5) is 14.2. The molecule has 1 rings (SSSR count). The average Bonchev–Trinajstić information content (AvgIpc) is 2.42. The molecule has 20 heavy (non-hydrogen) atoms. The lowest BCUT2D eigenvalue weighted by Crippen LogP contribution is -2.51. The highest BCUT2D eigenvalue weighted by atomic mass is 16.5. The van der Waals surface area contributed by atoms with E-state index in [-0.39, 0.29) is 17.9 Å². The van der Waals surface area contributed by atoms with Gasteiger partial charge in [0.1, 0.15) is 6.04 Å². The minimum absolute atomic E-state index is 0.146. The largest absolute Gasteiger partial charge is 0.468 e. The van der Waals surface area contributed by atoms with Gasteiger partial charge in [0.15, 0.2) is 0 Å². The van der Waals surface area contributed by atoms with Gasteiger partial charge in [0.25, 0.3) is 0 Å². The van der Waals surface area contributed by atoms with Crippen molar-refractivity contribution in [2.45, 2.75) is 52.6 Å². The molecule has 1 heterocycles. The van der Waals surface area contributed by atoms with Gasteiger partial charge in [0, 0.05) is 12.6 Å². The zero-order chi connectivity index (χ0) is 15.1. The summed E-state index contributed by atoms with van der Waals surface area (Å²) in [6, 6.07) is 0.235. The topological polar surface area (TPSA) is 41.6 Å². The number of nitrogens with zero attached hydrogens (tertiary/aromatic N) is 1. The molecular weight excluding hydrogens is 252 g/mol. The third-order valence-electron chi connectivity index (χ3n) is 3.88. The van der Waals surface area contributed by atoms with Gasteiger partial charge in [-0.15, -0.1) is 0 Å². The Bertz CT molecular complexity index is 327. The second kappa shape index (κ2) is 8.42. The van der Waals surface area contributed by atoms with Gasteiger partial charge < -0.3 is 10.1 Å². The van der Waals surface area contributed by atoms with E-state index < -0.39 is 0 Å². The summed E-state index contributed by atoms with van der Waals surface area (Å²) in [7, 11) is 1.46. The summed E-state index contributed by atoms with van der Waals surface area (Å²) in [5.74, 6) is 0.109. The van der Waals surface area contributed by atoms with E-state index in [0.29, 0.717) is 6.04 Å². The smallest absolute Gasteiger partial charge is 0.323 e. The molecule has 0 aromatic carbocycles. The van der Waals surface area contributed by atoms with E-state index in [1.54, 1.807) is 0 Å². The van der Waals surface area contributed by atoms with Gasteiger partial charge in [-0.05, 0) is 45.7 Å². The van der Waals surface area contributed by atoms with Crippen LogP contribution in [0.25, 0.3) is 0 Å². The number of carbonyl (C=O) groups is 1. The maximum atomic E-state index is 11.8. The first kappa shape index (κ1) is 17.2. The molecule has 4 nitrogen and oxygen atoms in total. The van der Waals surface area contributed by atoms with Crippen LogP contribution in [0.4, 0.5) is 0 Å². The molecule has 1 saturated heterocycles. The summed E-state index contributed by atoms with van der Waals surface area (Å²) in [5.41, 5.74) is 1.37. The number of hydrogen-bond acceptors (Lipinski definition) is 4. The zero-order valence-electron chi connectivity index (χ0n) is 13.6. The van der Waals surface area contributed by atoms with Crippen LogP contribution in [0.5, 0.6) is 0 Å². The number of carbonyl (C=O) groups excluding carboxylic acids is 1. The molecule has 0 amide bonds. The fraction of sp³-hybridized carbons (Fsp3) is 0.812. The van der Waals surface area contributed by atoms with Gasteiger partial charge >= 0.3 is 5.97 Å². The first-order valence-corrected chi connectivity index (χ1v) is 7.63. The molecule has 1 unspecified atom stereocenters.